The Bertz CT molecular complexity index is 648. The molecule has 0 saturated carbocycles. The van der Waals surface area contributed by atoms with Crippen LogP contribution >= 0.6 is 0 Å². The summed E-state index contributed by atoms with van der Waals surface area (Å²) in [4.78, 5) is 13.5. The molecule has 1 unspecified atom stereocenters. The molecule has 0 spiro atoms. The highest BCUT2D eigenvalue weighted by Gasteiger charge is 2.29. The van der Waals surface area contributed by atoms with Gasteiger partial charge in [0.05, 0.1) is 6.04 Å². The number of Topliss-reactive ketones (excluding diaryl/α,β-unsaturated/α-hetero) is 1. The standard InChI is InChI=1S/C16H23NO/c1-13(2)12-15(17-10-6-7-11-17)16(18)14-8-4-3-5-9-14/h3-5,8-9,13,15H,6-7,10-12H2,1-2H3/i6D2,7D2,10D2,11D2. The van der Waals surface area contributed by atoms with Gasteiger partial charge in [-0.25, -0.2) is 0 Å². The number of likely N-dealkylation sites (tertiary alicyclic amines) is 1. The van der Waals surface area contributed by atoms with Crippen LogP contribution < -0.4 is 0 Å². The molecular formula is C16H23NO. The van der Waals surface area contributed by atoms with Crippen molar-refractivity contribution in [2.45, 2.75) is 39.1 Å². The van der Waals surface area contributed by atoms with Crippen LogP contribution in [-0.2, 0) is 0 Å². The van der Waals surface area contributed by atoms with Gasteiger partial charge in [-0.2, -0.15) is 0 Å². The topological polar surface area (TPSA) is 20.3 Å². The summed E-state index contributed by atoms with van der Waals surface area (Å²) in [5, 5.41) is 0. The molecule has 1 aromatic carbocycles. The van der Waals surface area contributed by atoms with Crippen LogP contribution in [0, 0.1) is 5.92 Å². The first-order valence-corrected chi connectivity index (χ1v) is 6.08. The summed E-state index contributed by atoms with van der Waals surface area (Å²) in [5.41, 5.74) is 0.248. The first kappa shape index (κ1) is 6.33. The maximum Gasteiger partial charge on any atom is 0.179 e. The molecule has 1 aliphatic rings. The van der Waals surface area contributed by atoms with Crippen molar-refractivity contribution >= 4 is 5.78 Å². The van der Waals surface area contributed by atoms with Gasteiger partial charge >= 0.3 is 0 Å². The normalized spacial score (nSPS) is 35.9. The van der Waals surface area contributed by atoms with Crippen molar-refractivity contribution in [2.75, 3.05) is 13.0 Å². The first-order valence-electron chi connectivity index (χ1n) is 10.1. The molecule has 1 aromatic rings. The summed E-state index contributed by atoms with van der Waals surface area (Å²) in [5.74, 6) is -0.669. The van der Waals surface area contributed by atoms with Crippen molar-refractivity contribution in [3.05, 3.63) is 35.9 Å². The zero-order chi connectivity index (χ0) is 20.1. The average Bonchev–Trinajstić information content (AvgIpc) is 2.59. The highest BCUT2D eigenvalue weighted by Crippen LogP contribution is 2.21. The fourth-order valence-electron chi connectivity index (χ4n) is 1.93. The molecule has 0 radical (unpaired) electrons. The van der Waals surface area contributed by atoms with Crippen molar-refractivity contribution in [2.24, 2.45) is 5.92 Å². The van der Waals surface area contributed by atoms with Gasteiger partial charge in [-0.3, -0.25) is 9.69 Å². The Balaban J connectivity index is 2.62. The Morgan fingerprint density at radius 2 is 1.89 bits per heavy atom. The molecular weight excluding hydrogens is 222 g/mol. The third kappa shape index (κ3) is 3.20. The summed E-state index contributed by atoms with van der Waals surface area (Å²) < 4.78 is 64.4. The van der Waals surface area contributed by atoms with Gasteiger partial charge in [0.2, 0.25) is 0 Å². The van der Waals surface area contributed by atoms with E-state index in [1.54, 1.807) is 32.0 Å². The molecule has 1 saturated heterocycles. The number of hydrogen-bond donors (Lipinski definition) is 0. The van der Waals surface area contributed by atoms with E-state index in [9.17, 15) is 4.79 Å². The Morgan fingerprint density at radius 1 is 1.28 bits per heavy atom. The molecule has 1 heterocycles. The summed E-state index contributed by atoms with van der Waals surface area (Å²) in [6.07, 6.45) is -6.22. The van der Waals surface area contributed by atoms with Gasteiger partial charge in [-0.1, -0.05) is 44.2 Å². The van der Waals surface area contributed by atoms with Crippen LogP contribution in [0.25, 0.3) is 0 Å². The van der Waals surface area contributed by atoms with E-state index < -0.39 is 37.6 Å². The van der Waals surface area contributed by atoms with Gasteiger partial charge in [0, 0.05) is 16.5 Å². The SMILES string of the molecule is [2H]C1([2H])N(C(CC(C)C)C(=O)c2ccccc2)C([2H])([2H])C([2H])([2H])C1([2H])[2H]. The van der Waals surface area contributed by atoms with Crippen molar-refractivity contribution in [1.82, 2.24) is 4.90 Å². The lowest BCUT2D eigenvalue weighted by molar-refractivity contribution is 0.0822. The molecule has 1 aliphatic heterocycles. The molecule has 0 bridgehead atoms. The minimum Gasteiger partial charge on any atom is -0.293 e. The lowest BCUT2D eigenvalue weighted by Gasteiger charge is -2.27. The van der Waals surface area contributed by atoms with E-state index in [0.717, 1.165) is 0 Å². The third-order valence-electron chi connectivity index (χ3n) is 2.78. The fourth-order valence-corrected chi connectivity index (χ4v) is 1.93. The number of benzene rings is 1. The summed E-state index contributed by atoms with van der Waals surface area (Å²) in [7, 11) is 0. The highest BCUT2D eigenvalue weighted by molar-refractivity contribution is 6.00. The second-order valence-corrected chi connectivity index (χ2v) is 4.72. The minimum atomic E-state index is -3.14. The van der Waals surface area contributed by atoms with Crippen LogP contribution in [0.1, 0.15) is 54.3 Å². The molecule has 1 atom stereocenters. The monoisotopic (exact) mass is 253 g/mol. The number of rotatable bonds is 5. The van der Waals surface area contributed by atoms with Crippen molar-refractivity contribution in [3.8, 4) is 0 Å². The average molecular weight is 253 g/mol. The van der Waals surface area contributed by atoms with Crippen LogP contribution in [0.4, 0.5) is 0 Å². The van der Waals surface area contributed by atoms with Crippen molar-refractivity contribution in [3.63, 3.8) is 0 Å². The number of ketones is 1. The molecule has 1 fully saturated rings. The Labute approximate surface area is 121 Å². The van der Waals surface area contributed by atoms with E-state index in [-0.39, 0.29) is 17.9 Å². The number of carbonyl (C=O) groups excluding carboxylic acids is 1. The maximum absolute atomic E-state index is 13.0. The molecule has 0 aromatic heterocycles. The van der Waals surface area contributed by atoms with E-state index in [0.29, 0.717) is 4.90 Å². The molecule has 2 nitrogen and oxygen atoms in total. The second-order valence-electron chi connectivity index (χ2n) is 4.72. The van der Waals surface area contributed by atoms with E-state index >= 15 is 0 Å². The van der Waals surface area contributed by atoms with Crippen LogP contribution in [-0.4, -0.2) is 29.7 Å². The van der Waals surface area contributed by atoms with Gasteiger partial charge in [0.25, 0.3) is 0 Å². The predicted octanol–water partition coefficient (Wildman–Crippen LogP) is 3.38. The van der Waals surface area contributed by atoms with E-state index in [2.05, 4.69) is 0 Å². The van der Waals surface area contributed by atoms with Crippen LogP contribution in [0.5, 0.6) is 0 Å². The van der Waals surface area contributed by atoms with E-state index in [1.165, 1.54) is 12.1 Å². The molecule has 0 amide bonds. The zero-order valence-corrected chi connectivity index (χ0v) is 10.6. The molecule has 2 heteroatoms. The van der Waals surface area contributed by atoms with Crippen LogP contribution in [0.2, 0.25) is 0 Å². The van der Waals surface area contributed by atoms with Gasteiger partial charge in [0.15, 0.2) is 5.78 Å². The summed E-state index contributed by atoms with van der Waals surface area (Å²) in [6, 6.07) is 6.69. The number of hydrogen-bond acceptors (Lipinski definition) is 2. The highest BCUT2D eigenvalue weighted by atomic mass is 16.1. The minimum absolute atomic E-state index is 0.0684. The van der Waals surface area contributed by atoms with Gasteiger partial charge < -0.3 is 0 Å². The molecule has 18 heavy (non-hydrogen) atoms. The zero-order valence-electron chi connectivity index (χ0n) is 18.6. The third-order valence-corrected chi connectivity index (χ3v) is 2.78. The smallest absolute Gasteiger partial charge is 0.179 e. The Hall–Kier alpha value is -1.15. The number of nitrogens with zero attached hydrogens (tertiary/aromatic N) is 1. The number of carbonyl (C=O) groups is 1. The van der Waals surface area contributed by atoms with Gasteiger partial charge in [-0.05, 0) is 38.1 Å². The van der Waals surface area contributed by atoms with E-state index in [4.69, 9.17) is 11.0 Å². The fraction of sp³-hybridized carbons (Fsp3) is 0.562. The largest absolute Gasteiger partial charge is 0.293 e. The quantitative estimate of drug-likeness (QED) is 0.750. The maximum atomic E-state index is 13.0. The van der Waals surface area contributed by atoms with Crippen LogP contribution in [0.3, 0.4) is 0 Å². The van der Waals surface area contributed by atoms with Gasteiger partial charge in [0.1, 0.15) is 0 Å². The molecule has 98 valence electrons. The van der Waals surface area contributed by atoms with Crippen LogP contribution in [0.15, 0.2) is 30.3 Å². The molecule has 0 aliphatic carbocycles. The second kappa shape index (κ2) is 6.14. The van der Waals surface area contributed by atoms with E-state index in [1.807, 2.05) is 0 Å². The van der Waals surface area contributed by atoms with Crippen molar-refractivity contribution < 1.29 is 15.8 Å². The Kier molecular flexibility index (Phi) is 2.16. The van der Waals surface area contributed by atoms with Gasteiger partial charge in [-0.15, -0.1) is 0 Å². The molecule has 2 rings (SSSR count). The van der Waals surface area contributed by atoms with Crippen molar-refractivity contribution in [1.29, 1.82) is 0 Å². The summed E-state index contributed by atoms with van der Waals surface area (Å²) in [6.45, 7) is -2.44. The first-order chi connectivity index (χ1) is 11.7. The molecule has 0 N–H and O–H groups in total. The lowest BCUT2D eigenvalue weighted by atomic mass is 9.95. The Morgan fingerprint density at radius 3 is 2.44 bits per heavy atom. The predicted molar refractivity (Wildman–Crippen MR) is 74.8 cm³/mol. The summed E-state index contributed by atoms with van der Waals surface area (Å²) >= 11 is 0. The lowest BCUT2D eigenvalue weighted by Crippen LogP contribution is -2.40.